The largest absolute Gasteiger partial charge is 0.490 e. The summed E-state index contributed by atoms with van der Waals surface area (Å²) in [6.07, 6.45) is 5.83. The molecule has 1 aliphatic rings. The molecule has 9 heteroatoms. The van der Waals surface area contributed by atoms with Crippen molar-refractivity contribution in [3.05, 3.63) is 96.0 Å². The van der Waals surface area contributed by atoms with Gasteiger partial charge in [0.15, 0.2) is 11.5 Å². The second-order valence-electron chi connectivity index (χ2n) is 9.71. The lowest BCUT2D eigenvalue weighted by molar-refractivity contribution is 0.0954. The highest BCUT2D eigenvalue weighted by Gasteiger charge is 2.27. The lowest BCUT2D eigenvalue weighted by Gasteiger charge is -2.14. The molecule has 6 nitrogen and oxygen atoms in total. The summed E-state index contributed by atoms with van der Waals surface area (Å²) in [7, 11) is 0. The Hall–Kier alpha value is -2.88. The first-order valence-electron chi connectivity index (χ1n) is 13.3. The molecule has 5 rings (SSSR count). The van der Waals surface area contributed by atoms with Gasteiger partial charge in [-0.2, -0.15) is 5.10 Å². The van der Waals surface area contributed by atoms with Crippen LogP contribution in [-0.4, -0.2) is 23.3 Å². The molecule has 0 radical (unpaired) electrons. The van der Waals surface area contributed by atoms with Crippen LogP contribution in [0.1, 0.15) is 63.1 Å². The van der Waals surface area contributed by atoms with Gasteiger partial charge in [0.2, 0.25) is 0 Å². The molecule has 2 aromatic heterocycles. The number of carbonyl (C=O) groups excluding carboxylic acids is 1. The second kappa shape index (κ2) is 12.7. The molecule has 40 heavy (non-hydrogen) atoms. The molecule has 208 valence electrons. The van der Waals surface area contributed by atoms with Gasteiger partial charge in [-0.1, -0.05) is 28.1 Å². The van der Waals surface area contributed by atoms with Crippen LogP contribution in [0.4, 0.5) is 0 Å². The van der Waals surface area contributed by atoms with Crippen LogP contribution in [0.15, 0.2) is 62.6 Å². The van der Waals surface area contributed by atoms with Gasteiger partial charge in [-0.05, 0) is 110 Å². The number of nitrogens with zero attached hydrogens (tertiary/aromatic N) is 2. The summed E-state index contributed by atoms with van der Waals surface area (Å²) in [5.41, 5.74) is 8.75. The van der Waals surface area contributed by atoms with E-state index in [2.05, 4.69) is 72.9 Å². The molecule has 0 saturated heterocycles. The molecule has 0 atom stereocenters. The molecule has 0 saturated carbocycles. The molecule has 1 aliphatic carbocycles. The van der Waals surface area contributed by atoms with E-state index in [1.165, 1.54) is 10.4 Å². The minimum Gasteiger partial charge on any atom is -0.490 e. The Kier molecular flexibility index (Phi) is 9.13. The topological polar surface area (TPSA) is 64.8 Å². The number of rotatable bonds is 9. The van der Waals surface area contributed by atoms with Gasteiger partial charge in [0.1, 0.15) is 11.6 Å². The van der Waals surface area contributed by atoms with Crippen LogP contribution in [0.2, 0.25) is 0 Å². The van der Waals surface area contributed by atoms with Crippen LogP contribution in [0, 0.1) is 13.8 Å². The molecule has 0 bridgehead atoms. The first kappa shape index (κ1) is 28.6. The molecule has 0 aliphatic heterocycles. The van der Waals surface area contributed by atoms with Crippen LogP contribution < -0.4 is 14.9 Å². The highest BCUT2D eigenvalue weighted by molar-refractivity contribution is 9.10. The zero-order chi connectivity index (χ0) is 28.2. The summed E-state index contributed by atoms with van der Waals surface area (Å²) in [4.78, 5) is 14.9. The number of hydrogen-bond acceptors (Lipinski definition) is 5. The number of thiophene rings is 1. The molecule has 0 spiro atoms. The molecule has 2 heterocycles. The predicted molar refractivity (Wildman–Crippen MR) is 169 cm³/mol. The van der Waals surface area contributed by atoms with E-state index in [1.807, 2.05) is 43.3 Å². The number of aromatic nitrogens is 1. The molecule has 0 unspecified atom stereocenters. The fourth-order valence-electron chi connectivity index (χ4n) is 4.92. The monoisotopic (exact) mass is 683 g/mol. The van der Waals surface area contributed by atoms with Gasteiger partial charge in [-0.15, -0.1) is 11.3 Å². The highest BCUT2D eigenvalue weighted by Crippen LogP contribution is 2.38. The maximum Gasteiger partial charge on any atom is 0.274 e. The van der Waals surface area contributed by atoms with Crippen molar-refractivity contribution in [2.45, 2.75) is 53.1 Å². The first-order chi connectivity index (χ1) is 19.4. The van der Waals surface area contributed by atoms with Crippen molar-refractivity contribution in [1.29, 1.82) is 0 Å². The van der Waals surface area contributed by atoms with Crippen molar-refractivity contribution in [1.82, 2.24) is 9.99 Å². The standard InChI is InChI=1S/C31H31Br2N3O3S/c1-4-38-26-15-22(25(33)16-27(26)39-18-21-11-13-23(32)14-12-21)17-34-35-30(37)29-24-7-5-6-8-28(24)40-31(29)36-19(2)9-10-20(36)3/h9-17H,4-8,18H2,1-3H3,(H,35,37)/b34-17-. The Morgan fingerprint density at radius 2 is 1.73 bits per heavy atom. The summed E-state index contributed by atoms with van der Waals surface area (Å²) in [5.74, 6) is 1.06. The van der Waals surface area contributed by atoms with E-state index in [0.29, 0.717) is 24.7 Å². The Labute approximate surface area is 255 Å². The fourth-order valence-corrected chi connectivity index (χ4v) is 7.11. The molecule has 4 aromatic rings. The number of ether oxygens (including phenoxy) is 2. The second-order valence-corrected chi connectivity index (χ2v) is 12.6. The first-order valence-corrected chi connectivity index (χ1v) is 15.7. The minimum absolute atomic E-state index is 0.186. The minimum atomic E-state index is -0.186. The maximum absolute atomic E-state index is 13.6. The predicted octanol–water partition coefficient (Wildman–Crippen LogP) is 8.30. The van der Waals surface area contributed by atoms with Gasteiger partial charge in [0.05, 0.1) is 18.4 Å². The average Bonchev–Trinajstić information content (AvgIpc) is 3.48. The Morgan fingerprint density at radius 1 is 1.02 bits per heavy atom. The van der Waals surface area contributed by atoms with E-state index < -0.39 is 0 Å². The number of halogens is 2. The van der Waals surface area contributed by atoms with E-state index in [9.17, 15) is 4.79 Å². The summed E-state index contributed by atoms with van der Waals surface area (Å²) < 4.78 is 15.9. The van der Waals surface area contributed by atoms with E-state index in [-0.39, 0.29) is 5.91 Å². The number of aryl methyl sites for hydroxylation is 3. The highest BCUT2D eigenvalue weighted by atomic mass is 79.9. The van der Waals surface area contributed by atoms with Crippen molar-refractivity contribution in [3.63, 3.8) is 0 Å². The number of hydrazone groups is 1. The average molecular weight is 685 g/mol. The lowest BCUT2D eigenvalue weighted by Crippen LogP contribution is -2.21. The maximum atomic E-state index is 13.6. The van der Waals surface area contributed by atoms with Crippen molar-refractivity contribution in [2.75, 3.05) is 6.61 Å². The third-order valence-electron chi connectivity index (χ3n) is 6.89. The smallest absolute Gasteiger partial charge is 0.274 e. The van der Waals surface area contributed by atoms with Crippen LogP contribution in [0.3, 0.4) is 0 Å². The third-order valence-corrected chi connectivity index (χ3v) is 9.39. The van der Waals surface area contributed by atoms with Crippen LogP contribution in [-0.2, 0) is 19.4 Å². The Balaban J connectivity index is 1.36. The summed E-state index contributed by atoms with van der Waals surface area (Å²) in [6.45, 7) is 6.99. The number of carbonyl (C=O) groups is 1. The molecule has 0 fully saturated rings. The van der Waals surface area contributed by atoms with Gasteiger partial charge in [-0.3, -0.25) is 4.79 Å². The molecule has 1 amide bonds. The van der Waals surface area contributed by atoms with Crippen LogP contribution >= 0.6 is 43.2 Å². The number of benzene rings is 2. The van der Waals surface area contributed by atoms with Gasteiger partial charge in [0, 0.05) is 30.8 Å². The SMILES string of the molecule is CCOc1cc(/C=N\NC(=O)c2c(-n3c(C)ccc3C)sc3c2CCCC3)c(Br)cc1OCc1ccc(Br)cc1. The molecule has 1 N–H and O–H groups in total. The summed E-state index contributed by atoms with van der Waals surface area (Å²) in [6, 6.07) is 15.9. The number of amides is 1. The number of nitrogens with one attached hydrogen (secondary N) is 1. The van der Waals surface area contributed by atoms with E-state index >= 15 is 0 Å². The Bertz CT molecular complexity index is 1540. The van der Waals surface area contributed by atoms with Gasteiger partial charge >= 0.3 is 0 Å². The van der Waals surface area contributed by atoms with Crippen LogP contribution in [0.5, 0.6) is 11.5 Å². The normalized spacial score (nSPS) is 12.9. The van der Waals surface area contributed by atoms with Crippen molar-refractivity contribution in [2.24, 2.45) is 5.10 Å². The van der Waals surface area contributed by atoms with Crippen molar-refractivity contribution >= 4 is 55.3 Å². The zero-order valence-electron chi connectivity index (χ0n) is 22.7. The molecular formula is C31H31Br2N3O3S. The summed E-state index contributed by atoms with van der Waals surface area (Å²) in [5, 5.41) is 5.33. The van der Waals surface area contributed by atoms with Crippen LogP contribution in [0.25, 0.3) is 5.00 Å². The lowest BCUT2D eigenvalue weighted by atomic mass is 9.95. The van der Waals surface area contributed by atoms with Gasteiger partial charge < -0.3 is 14.0 Å². The van der Waals surface area contributed by atoms with E-state index in [1.54, 1.807) is 17.6 Å². The van der Waals surface area contributed by atoms with Crippen molar-refractivity contribution < 1.29 is 14.3 Å². The number of hydrogen-bond donors (Lipinski definition) is 1. The third kappa shape index (κ3) is 6.21. The zero-order valence-corrected chi connectivity index (χ0v) is 26.7. The quantitative estimate of drug-likeness (QED) is 0.143. The molecule has 2 aromatic carbocycles. The fraction of sp³-hybridized carbons (Fsp3) is 0.290. The summed E-state index contributed by atoms with van der Waals surface area (Å²) >= 11 is 8.82. The Morgan fingerprint density at radius 3 is 2.45 bits per heavy atom. The van der Waals surface area contributed by atoms with E-state index in [0.717, 1.165) is 67.7 Å². The number of fused-ring (bicyclic) bond motifs is 1. The molecular weight excluding hydrogens is 654 g/mol. The van der Waals surface area contributed by atoms with Gasteiger partial charge in [-0.25, -0.2) is 5.43 Å². The van der Waals surface area contributed by atoms with Gasteiger partial charge in [0.25, 0.3) is 5.91 Å². The van der Waals surface area contributed by atoms with Crippen molar-refractivity contribution in [3.8, 4) is 16.5 Å². The van der Waals surface area contributed by atoms with E-state index in [4.69, 9.17) is 9.47 Å².